The van der Waals surface area contributed by atoms with Gasteiger partial charge in [0.05, 0.1) is 11.5 Å². The Morgan fingerprint density at radius 3 is 2.42 bits per heavy atom. The van der Waals surface area contributed by atoms with Crippen molar-refractivity contribution in [1.82, 2.24) is 16.0 Å². The van der Waals surface area contributed by atoms with E-state index in [4.69, 9.17) is 11.6 Å². The van der Waals surface area contributed by atoms with Gasteiger partial charge in [0.2, 0.25) is 5.91 Å². The maximum Gasteiger partial charge on any atom is 0.315 e. The number of nitrogens with one attached hydrogen (secondary N) is 3. The van der Waals surface area contributed by atoms with Crippen LogP contribution in [0.3, 0.4) is 0 Å². The number of rotatable bonds is 6. The van der Waals surface area contributed by atoms with Crippen LogP contribution in [0.5, 0.6) is 0 Å². The third-order valence-electron chi connectivity index (χ3n) is 4.18. The van der Waals surface area contributed by atoms with Gasteiger partial charge in [-0.1, -0.05) is 37.6 Å². The van der Waals surface area contributed by atoms with Gasteiger partial charge in [0.15, 0.2) is 9.84 Å². The molecule has 3 amide bonds. The summed E-state index contributed by atoms with van der Waals surface area (Å²) in [6, 6.07) is 5.44. The molecular weight excluding hydrogens is 378 g/mol. The van der Waals surface area contributed by atoms with Crippen LogP contribution in [0.25, 0.3) is 0 Å². The third kappa shape index (κ3) is 6.17. The number of hydrogen-bond donors (Lipinski definition) is 3. The average Bonchev–Trinajstić information content (AvgIpc) is 2.90. The highest BCUT2D eigenvalue weighted by Crippen LogP contribution is 2.12. The predicted octanol–water partition coefficient (Wildman–Crippen LogP) is 1.47. The minimum absolute atomic E-state index is 0.0600. The monoisotopic (exact) mass is 401 g/mol. The number of halogens is 1. The predicted molar refractivity (Wildman–Crippen MR) is 101 cm³/mol. The summed E-state index contributed by atoms with van der Waals surface area (Å²) in [6.45, 7) is 3.98. The van der Waals surface area contributed by atoms with Crippen molar-refractivity contribution < 1.29 is 18.0 Å². The van der Waals surface area contributed by atoms with Crippen molar-refractivity contribution in [2.24, 2.45) is 5.92 Å². The van der Waals surface area contributed by atoms with Gasteiger partial charge in [-0.25, -0.2) is 13.2 Å². The molecule has 0 radical (unpaired) electrons. The summed E-state index contributed by atoms with van der Waals surface area (Å²) >= 11 is 5.83. The lowest BCUT2D eigenvalue weighted by molar-refractivity contribution is -0.124. The number of sulfone groups is 1. The highest BCUT2D eigenvalue weighted by molar-refractivity contribution is 7.91. The molecule has 0 aliphatic carbocycles. The first-order valence-corrected chi connectivity index (χ1v) is 10.7. The largest absolute Gasteiger partial charge is 0.350 e. The van der Waals surface area contributed by atoms with E-state index in [9.17, 15) is 18.0 Å². The van der Waals surface area contributed by atoms with Crippen LogP contribution >= 0.6 is 11.6 Å². The molecule has 9 heteroatoms. The molecule has 0 aromatic heterocycles. The highest BCUT2D eigenvalue weighted by Gasteiger charge is 2.30. The molecule has 3 N–H and O–H groups in total. The number of benzene rings is 1. The SMILES string of the molecule is CC(C)[C@@H](NC(=O)NC1CCS(=O)(=O)C1)C(=O)NCc1ccc(Cl)cc1. The molecule has 2 rings (SSSR count). The Bertz CT molecular complexity index is 750. The van der Waals surface area contributed by atoms with Gasteiger partial charge in [-0.15, -0.1) is 0 Å². The Hall–Kier alpha value is -1.80. The lowest BCUT2D eigenvalue weighted by atomic mass is 10.0. The first-order valence-electron chi connectivity index (χ1n) is 8.46. The Labute approximate surface area is 158 Å². The summed E-state index contributed by atoms with van der Waals surface area (Å²) in [7, 11) is -3.08. The zero-order chi connectivity index (χ0) is 19.3. The first kappa shape index (κ1) is 20.5. The van der Waals surface area contributed by atoms with Gasteiger partial charge in [0.1, 0.15) is 6.04 Å². The van der Waals surface area contributed by atoms with E-state index < -0.39 is 28.0 Å². The van der Waals surface area contributed by atoms with Gasteiger partial charge in [-0.2, -0.15) is 0 Å². The fraction of sp³-hybridized carbons (Fsp3) is 0.529. The Balaban J connectivity index is 1.87. The minimum atomic E-state index is -3.08. The standard InChI is InChI=1S/C17H24ClN3O4S/c1-11(2)15(16(22)19-9-12-3-5-13(18)6-4-12)21-17(23)20-14-7-8-26(24,25)10-14/h3-6,11,14-15H,7-10H2,1-2H3,(H,19,22)(H2,20,21,23)/t14?,15-/m1/s1. The molecule has 1 aliphatic rings. The normalized spacial score (nSPS) is 19.8. The number of hydrogen-bond acceptors (Lipinski definition) is 4. The van der Waals surface area contributed by atoms with Crippen molar-refractivity contribution in [3.8, 4) is 0 Å². The van der Waals surface area contributed by atoms with Crippen LogP contribution in [0.1, 0.15) is 25.8 Å². The van der Waals surface area contributed by atoms with Crippen LogP contribution < -0.4 is 16.0 Å². The van der Waals surface area contributed by atoms with E-state index in [0.29, 0.717) is 18.0 Å². The third-order valence-corrected chi connectivity index (χ3v) is 6.20. The Kier molecular flexibility index (Phi) is 6.88. The minimum Gasteiger partial charge on any atom is -0.350 e. The molecule has 7 nitrogen and oxygen atoms in total. The lowest BCUT2D eigenvalue weighted by Crippen LogP contribution is -2.54. The van der Waals surface area contributed by atoms with Crippen molar-refractivity contribution in [3.05, 3.63) is 34.9 Å². The second-order valence-electron chi connectivity index (χ2n) is 6.78. The molecule has 144 valence electrons. The molecule has 2 atom stereocenters. The maximum atomic E-state index is 12.4. The summed E-state index contributed by atoms with van der Waals surface area (Å²) in [5, 5.41) is 8.68. The average molecular weight is 402 g/mol. The molecule has 1 fully saturated rings. The van der Waals surface area contributed by atoms with Crippen molar-refractivity contribution in [3.63, 3.8) is 0 Å². The molecule has 1 unspecified atom stereocenters. The zero-order valence-corrected chi connectivity index (χ0v) is 16.4. The first-order chi connectivity index (χ1) is 12.2. The Morgan fingerprint density at radius 1 is 1.23 bits per heavy atom. The van der Waals surface area contributed by atoms with Crippen molar-refractivity contribution >= 4 is 33.4 Å². The molecule has 1 saturated heterocycles. The Morgan fingerprint density at radius 2 is 1.88 bits per heavy atom. The quantitative estimate of drug-likeness (QED) is 0.671. The van der Waals surface area contributed by atoms with Gasteiger partial charge in [-0.3, -0.25) is 4.79 Å². The molecule has 26 heavy (non-hydrogen) atoms. The maximum absolute atomic E-state index is 12.4. The van der Waals surface area contributed by atoms with Crippen molar-refractivity contribution in [1.29, 1.82) is 0 Å². The molecule has 1 aliphatic heterocycles. The van der Waals surface area contributed by atoms with Gasteiger partial charge in [0.25, 0.3) is 0 Å². The van der Waals surface area contributed by atoms with Crippen LogP contribution in [0.4, 0.5) is 4.79 Å². The topological polar surface area (TPSA) is 104 Å². The van der Waals surface area contributed by atoms with Gasteiger partial charge in [-0.05, 0) is 30.0 Å². The highest BCUT2D eigenvalue weighted by atomic mass is 35.5. The van der Waals surface area contributed by atoms with E-state index >= 15 is 0 Å². The fourth-order valence-corrected chi connectivity index (χ4v) is 4.51. The molecule has 1 aromatic rings. The number of urea groups is 1. The van der Waals surface area contributed by atoms with Crippen LogP contribution in [0.15, 0.2) is 24.3 Å². The lowest BCUT2D eigenvalue weighted by Gasteiger charge is -2.23. The van der Waals surface area contributed by atoms with E-state index in [1.807, 2.05) is 26.0 Å². The van der Waals surface area contributed by atoms with E-state index in [1.165, 1.54) is 0 Å². The molecule has 0 bridgehead atoms. The number of amides is 3. The number of carbonyl (C=O) groups excluding carboxylic acids is 2. The fourth-order valence-electron chi connectivity index (χ4n) is 2.71. The summed E-state index contributed by atoms with van der Waals surface area (Å²) in [5.41, 5.74) is 0.894. The van der Waals surface area contributed by atoms with E-state index in [2.05, 4.69) is 16.0 Å². The molecule has 1 heterocycles. The van der Waals surface area contributed by atoms with Gasteiger partial charge in [0, 0.05) is 17.6 Å². The smallest absolute Gasteiger partial charge is 0.315 e. The summed E-state index contributed by atoms with van der Waals surface area (Å²) in [6.07, 6.45) is 0.394. The molecular formula is C17H24ClN3O4S. The van der Waals surface area contributed by atoms with Crippen LogP contribution in [0, 0.1) is 5.92 Å². The second kappa shape index (κ2) is 8.73. The molecule has 0 saturated carbocycles. The van der Waals surface area contributed by atoms with Crippen molar-refractivity contribution in [2.75, 3.05) is 11.5 Å². The molecule has 1 aromatic carbocycles. The number of carbonyl (C=O) groups is 2. The summed E-state index contributed by atoms with van der Waals surface area (Å²) in [5.74, 6) is -0.412. The van der Waals surface area contributed by atoms with E-state index in [1.54, 1.807) is 12.1 Å². The summed E-state index contributed by atoms with van der Waals surface area (Å²) < 4.78 is 22.9. The van der Waals surface area contributed by atoms with Crippen LogP contribution in [-0.2, 0) is 21.2 Å². The second-order valence-corrected chi connectivity index (χ2v) is 9.45. The zero-order valence-electron chi connectivity index (χ0n) is 14.8. The molecule has 0 spiro atoms. The van der Waals surface area contributed by atoms with Gasteiger partial charge < -0.3 is 16.0 Å². The van der Waals surface area contributed by atoms with E-state index in [-0.39, 0.29) is 23.3 Å². The van der Waals surface area contributed by atoms with Crippen molar-refractivity contribution in [2.45, 2.75) is 38.9 Å². The van der Waals surface area contributed by atoms with E-state index in [0.717, 1.165) is 5.56 Å². The van der Waals surface area contributed by atoms with Crippen LogP contribution in [-0.4, -0.2) is 43.9 Å². The summed E-state index contributed by atoms with van der Waals surface area (Å²) in [4.78, 5) is 24.6. The van der Waals surface area contributed by atoms with Gasteiger partial charge >= 0.3 is 6.03 Å². The van der Waals surface area contributed by atoms with Crippen LogP contribution in [0.2, 0.25) is 5.02 Å².